The maximum atomic E-state index is 10.7. The molecule has 1 aromatic rings. The van der Waals surface area contributed by atoms with Crippen LogP contribution in [0.15, 0.2) is 18.2 Å². The van der Waals surface area contributed by atoms with Crippen LogP contribution in [0.1, 0.15) is 6.42 Å². The second-order valence-electron chi connectivity index (χ2n) is 4.35. The van der Waals surface area contributed by atoms with Gasteiger partial charge < -0.3 is 19.9 Å². The number of nitrogens with zero attached hydrogens (tertiary/aromatic N) is 1. The number of benzene rings is 1. The molecule has 2 N–H and O–H groups in total. The lowest BCUT2D eigenvalue weighted by molar-refractivity contribution is -0.385. The van der Waals surface area contributed by atoms with E-state index in [2.05, 4.69) is 0 Å². The smallest absolute Gasteiger partial charge is 0.273 e. The van der Waals surface area contributed by atoms with Crippen LogP contribution in [0.2, 0.25) is 0 Å². The predicted octanol–water partition coefficient (Wildman–Crippen LogP) is 1.10. The molecule has 0 spiro atoms. The van der Waals surface area contributed by atoms with Gasteiger partial charge in [-0.3, -0.25) is 10.1 Å². The molecule has 0 radical (unpaired) electrons. The number of nitrogens with two attached hydrogens (primary N) is 1. The maximum Gasteiger partial charge on any atom is 0.273 e. The number of hydrogen-bond donors (Lipinski definition) is 1. The average molecular weight is 268 g/mol. The third-order valence-corrected chi connectivity index (χ3v) is 3.20. The minimum absolute atomic E-state index is 0.0426. The Morgan fingerprint density at radius 1 is 1.37 bits per heavy atom. The van der Waals surface area contributed by atoms with Gasteiger partial charge in [0, 0.05) is 25.6 Å². The molecule has 0 aromatic heterocycles. The fourth-order valence-corrected chi connectivity index (χ4v) is 2.09. The molecule has 1 aromatic carbocycles. The summed E-state index contributed by atoms with van der Waals surface area (Å²) in [4.78, 5) is 10.2. The molecule has 2 rings (SSSR count). The van der Waals surface area contributed by atoms with Crippen molar-refractivity contribution in [3.63, 3.8) is 0 Å². The van der Waals surface area contributed by atoms with E-state index in [1.807, 2.05) is 0 Å². The summed E-state index contributed by atoms with van der Waals surface area (Å²) in [5, 5.41) is 10.7. The van der Waals surface area contributed by atoms with Crippen LogP contribution in [0.5, 0.6) is 11.5 Å². The summed E-state index contributed by atoms with van der Waals surface area (Å²) in [6.45, 7) is 0. The molecule has 1 aliphatic rings. The van der Waals surface area contributed by atoms with Gasteiger partial charge in [0.15, 0.2) is 11.5 Å². The molecule has 3 atom stereocenters. The second kappa shape index (κ2) is 5.41. The van der Waals surface area contributed by atoms with Crippen LogP contribution < -0.4 is 15.2 Å². The third-order valence-electron chi connectivity index (χ3n) is 3.20. The van der Waals surface area contributed by atoms with Crippen LogP contribution in [-0.4, -0.2) is 37.4 Å². The molecule has 1 aliphatic carbocycles. The first-order valence-corrected chi connectivity index (χ1v) is 5.84. The van der Waals surface area contributed by atoms with Crippen LogP contribution >= 0.6 is 0 Å². The summed E-state index contributed by atoms with van der Waals surface area (Å²) in [5.74, 6) is 0.775. The van der Waals surface area contributed by atoms with E-state index in [4.69, 9.17) is 19.9 Å². The highest BCUT2D eigenvalue weighted by Gasteiger charge is 2.41. The Kier molecular flexibility index (Phi) is 3.87. The molecule has 19 heavy (non-hydrogen) atoms. The quantitative estimate of drug-likeness (QED) is 0.634. The molecule has 0 amide bonds. The Balaban J connectivity index is 2.14. The van der Waals surface area contributed by atoms with Gasteiger partial charge in [-0.05, 0) is 6.07 Å². The monoisotopic (exact) mass is 268 g/mol. The van der Waals surface area contributed by atoms with Crippen molar-refractivity contribution < 1.29 is 19.1 Å². The first-order valence-electron chi connectivity index (χ1n) is 5.84. The van der Waals surface area contributed by atoms with Crippen LogP contribution in [0, 0.1) is 10.1 Å². The topological polar surface area (TPSA) is 96.9 Å². The van der Waals surface area contributed by atoms with Gasteiger partial charge in [-0.2, -0.15) is 0 Å². The molecular weight excluding hydrogens is 252 g/mol. The van der Waals surface area contributed by atoms with Crippen molar-refractivity contribution in [2.75, 3.05) is 14.2 Å². The molecule has 7 heteroatoms. The van der Waals surface area contributed by atoms with Crippen molar-refractivity contribution in [1.82, 2.24) is 0 Å². The zero-order valence-corrected chi connectivity index (χ0v) is 10.7. The lowest BCUT2D eigenvalue weighted by Gasteiger charge is -2.41. The van der Waals surface area contributed by atoms with Crippen molar-refractivity contribution in [3.05, 3.63) is 28.3 Å². The van der Waals surface area contributed by atoms with Gasteiger partial charge in [-0.1, -0.05) is 0 Å². The summed E-state index contributed by atoms with van der Waals surface area (Å²) in [7, 11) is 3.01. The molecule has 1 fully saturated rings. The lowest BCUT2D eigenvalue weighted by atomic mass is 9.86. The minimum atomic E-state index is -0.483. The highest BCUT2D eigenvalue weighted by molar-refractivity contribution is 5.48. The maximum absolute atomic E-state index is 10.7. The van der Waals surface area contributed by atoms with Gasteiger partial charge >= 0.3 is 0 Å². The van der Waals surface area contributed by atoms with E-state index in [1.165, 1.54) is 25.3 Å². The van der Waals surface area contributed by atoms with Crippen LogP contribution in [0.4, 0.5) is 5.69 Å². The highest BCUT2D eigenvalue weighted by Crippen LogP contribution is 2.35. The number of non-ortho nitro benzene ring substituents is 1. The van der Waals surface area contributed by atoms with Gasteiger partial charge in [0.2, 0.25) is 0 Å². The molecule has 0 aliphatic heterocycles. The van der Waals surface area contributed by atoms with Crippen LogP contribution in [-0.2, 0) is 4.74 Å². The van der Waals surface area contributed by atoms with Crippen molar-refractivity contribution in [3.8, 4) is 11.5 Å². The first kappa shape index (κ1) is 13.6. The first-order chi connectivity index (χ1) is 9.06. The number of methoxy groups -OCH3 is 2. The second-order valence-corrected chi connectivity index (χ2v) is 4.35. The zero-order valence-electron chi connectivity index (χ0n) is 10.7. The number of nitro benzene ring substituents is 1. The normalized spacial score (nSPS) is 25.5. The summed E-state index contributed by atoms with van der Waals surface area (Å²) < 4.78 is 16.0. The molecule has 0 saturated heterocycles. The van der Waals surface area contributed by atoms with Crippen LogP contribution in [0.3, 0.4) is 0 Å². The van der Waals surface area contributed by atoms with E-state index < -0.39 is 4.92 Å². The third kappa shape index (κ3) is 2.61. The van der Waals surface area contributed by atoms with E-state index in [0.29, 0.717) is 17.9 Å². The summed E-state index contributed by atoms with van der Waals surface area (Å²) in [6.07, 6.45) is 0.355. The molecular formula is C12H16N2O5. The van der Waals surface area contributed by atoms with Crippen molar-refractivity contribution in [2.45, 2.75) is 24.7 Å². The van der Waals surface area contributed by atoms with Gasteiger partial charge in [0.05, 0.1) is 18.1 Å². The van der Waals surface area contributed by atoms with Gasteiger partial charge in [0.1, 0.15) is 12.2 Å². The molecule has 1 saturated carbocycles. The highest BCUT2D eigenvalue weighted by atomic mass is 16.6. The minimum Gasteiger partial charge on any atom is -0.493 e. The Labute approximate surface area is 110 Å². The van der Waals surface area contributed by atoms with E-state index in [-0.39, 0.29) is 23.9 Å². The van der Waals surface area contributed by atoms with Gasteiger partial charge in [-0.15, -0.1) is 0 Å². The van der Waals surface area contributed by atoms with Crippen LogP contribution in [0.25, 0.3) is 0 Å². The molecule has 7 nitrogen and oxygen atoms in total. The molecule has 104 valence electrons. The summed E-state index contributed by atoms with van der Waals surface area (Å²) in [6, 6.07) is 4.18. The standard InChI is InChI=1S/C12H16N2O5/c1-17-10-5-7(14(15)16)3-4-9(10)19-11-6-8(13)12(11)18-2/h3-5,8,11-12H,6,13H2,1-2H3. The van der Waals surface area contributed by atoms with Gasteiger partial charge in [0.25, 0.3) is 5.69 Å². The zero-order chi connectivity index (χ0) is 14.0. The van der Waals surface area contributed by atoms with E-state index in [9.17, 15) is 10.1 Å². The number of hydrogen-bond acceptors (Lipinski definition) is 6. The summed E-state index contributed by atoms with van der Waals surface area (Å²) >= 11 is 0. The predicted molar refractivity (Wildman–Crippen MR) is 67.5 cm³/mol. The van der Waals surface area contributed by atoms with Crippen molar-refractivity contribution in [2.24, 2.45) is 5.73 Å². The fourth-order valence-electron chi connectivity index (χ4n) is 2.09. The van der Waals surface area contributed by atoms with E-state index >= 15 is 0 Å². The van der Waals surface area contributed by atoms with Crippen molar-refractivity contribution >= 4 is 5.69 Å². The largest absolute Gasteiger partial charge is 0.493 e. The number of rotatable bonds is 5. The van der Waals surface area contributed by atoms with E-state index in [0.717, 1.165) is 0 Å². The Hall–Kier alpha value is -1.86. The average Bonchev–Trinajstić information content (AvgIpc) is 2.38. The number of ether oxygens (including phenoxy) is 3. The van der Waals surface area contributed by atoms with Crippen molar-refractivity contribution in [1.29, 1.82) is 0 Å². The molecule has 0 heterocycles. The lowest BCUT2D eigenvalue weighted by Crippen LogP contribution is -2.59. The molecule has 0 bridgehead atoms. The SMILES string of the molecule is COc1cc([N+](=O)[O-])ccc1OC1CC(N)C1OC. The summed E-state index contributed by atoms with van der Waals surface area (Å²) in [5.41, 5.74) is 5.74. The molecule has 3 unspecified atom stereocenters. The fraction of sp³-hybridized carbons (Fsp3) is 0.500. The number of nitro groups is 1. The van der Waals surface area contributed by atoms with Gasteiger partial charge in [-0.25, -0.2) is 0 Å². The Bertz CT molecular complexity index is 479. The Morgan fingerprint density at radius 3 is 2.63 bits per heavy atom. The van der Waals surface area contributed by atoms with E-state index in [1.54, 1.807) is 7.11 Å². The Morgan fingerprint density at radius 2 is 2.11 bits per heavy atom.